The van der Waals surface area contributed by atoms with Gasteiger partial charge in [-0.25, -0.2) is 22.0 Å². The van der Waals surface area contributed by atoms with Gasteiger partial charge in [-0.05, 0) is 42.7 Å². The first-order chi connectivity index (χ1) is 12.4. The van der Waals surface area contributed by atoms with Crippen LogP contribution in [0.1, 0.15) is 45.6 Å². The van der Waals surface area contributed by atoms with Crippen molar-refractivity contribution in [3.05, 3.63) is 35.4 Å². The number of carbonyl (C=O) groups is 1. The molecule has 0 heterocycles. The minimum atomic E-state index is -4.15. The number of halogens is 2. The maximum atomic E-state index is 13.9. The van der Waals surface area contributed by atoms with Crippen LogP contribution in [0.5, 0.6) is 0 Å². The second-order valence-electron chi connectivity index (χ2n) is 7.90. The van der Waals surface area contributed by atoms with Crippen LogP contribution < -0.4 is 5.32 Å². The Hall–Kier alpha value is -2.03. The standard InChI is InChI=1S/C18H24F2N2O4S/c1-11-8-12(10-18(2,3)9-11)21-17(23)26-22-16(27(4,24)25)15-13(19)6-5-7-14(15)20/h5-7,11-12H,8-10H2,1-4H3,(H,21,23). The number of sulfone groups is 1. The minimum Gasteiger partial charge on any atom is -0.317 e. The lowest BCUT2D eigenvalue weighted by Gasteiger charge is -2.38. The molecule has 0 aromatic heterocycles. The fourth-order valence-corrected chi connectivity index (χ4v) is 4.47. The predicted molar refractivity (Wildman–Crippen MR) is 97.9 cm³/mol. The molecule has 9 heteroatoms. The second kappa shape index (κ2) is 7.92. The van der Waals surface area contributed by atoms with Crippen LogP contribution in [0, 0.1) is 23.0 Å². The van der Waals surface area contributed by atoms with Crippen molar-refractivity contribution >= 4 is 21.0 Å². The Balaban J connectivity index is 2.18. The monoisotopic (exact) mass is 402 g/mol. The summed E-state index contributed by atoms with van der Waals surface area (Å²) >= 11 is 0. The van der Waals surface area contributed by atoms with Crippen molar-refractivity contribution in [3.8, 4) is 0 Å². The van der Waals surface area contributed by atoms with E-state index in [1.807, 2.05) is 0 Å². The van der Waals surface area contributed by atoms with Gasteiger partial charge in [-0.1, -0.05) is 32.0 Å². The summed E-state index contributed by atoms with van der Waals surface area (Å²) in [7, 11) is -4.15. The summed E-state index contributed by atoms with van der Waals surface area (Å²) in [6.45, 7) is 6.29. The quantitative estimate of drug-likeness (QED) is 0.362. The molecule has 2 atom stereocenters. The highest BCUT2D eigenvalue weighted by Gasteiger charge is 2.33. The molecule has 1 saturated carbocycles. The average molecular weight is 402 g/mol. The normalized spacial score (nSPS) is 23.0. The molecule has 1 fully saturated rings. The van der Waals surface area contributed by atoms with Crippen LogP contribution in [0.3, 0.4) is 0 Å². The summed E-state index contributed by atoms with van der Waals surface area (Å²) in [6, 6.07) is 2.72. The highest BCUT2D eigenvalue weighted by molar-refractivity contribution is 8.06. The Morgan fingerprint density at radius 1 is 1.26 bits per heavy atom. The van der Waals surface area contributed by atoms with Crippen LogP contribution in [-0.4, -0.2) is 31.9 Å². The molecule has 27 heavy (non-hydrogen) atoms. The third kappa shape index (κ3) is 5.72. The van der Waals surface area contributed by atoms with Gasteiger partial charge in [-0.2, -0.15) is 0 Å². The van der Waals surface area contributed by atoms with Gasteiger partial charge in [-0.15, -0.1) is 0 Å². The molecule has 1 amide bonds. The van der Waals surface area contributed by atoms with E-state index in [9.17, 15) is 22.0 Å². The van der Waals surface area contributed by atoms with Crippen LogP contribution in [0.25, 0.3) is 0 Å². The van der Waals surface area contributed by atoms with E-state index in [0.717, 1.165) is 43.7 Å². The lowest BCUT2D eigenvalue weighted by molar-refractivity contribution is 0.120. The van der Waals surface area contributed by atoms with E-state index in [-0.39, 0.29) is 11.5 Å². The second-order valence-corrected chi connectivity index (χ2v) is 9.83. The zero-order valence-electron chi connectivity index (χ0n) is 15.8. The average Bonchev–Trinajstić information content (AvgIpc) is 2.46. The van der Waals surface area contributed by atoms with Crippen LogP contribution in [-0.2, 0) is 14.7 Å². The number of amides is 1. The fourth-order valence-electron chi connectivity index (χ4n) is 3.73. The van der Waals surface area contributed by atoms with Crippen LogP contribution in [0.15, 0.2) is 23.4 Å². The molecule has 0 spiro atoms. The van der Waals surface area contributed by atoms with Crippen molar-refractivity contribution in [1.82, 2.24) is 5.32 Å². The van der Waals surface area contributed by atoms with E-state index in [4.69, 9.17) is 0 Å². The number of rotatable bonds is 3. The molecule has 2 unspecified atom stereocenters. The SMILES string of the molecule is CC1CC(NC(=O)ON=C(c2c(F)cccc2F)S(C)(=O)=O)CC(C)(C)C1. The zero-order valence-corrected chi connectivity index (χ0v) is 16.6. The van der Waals surface area contributed by atoms with Crippen LogP contribution in [0.2, 0.25) is 0 Å². The molecule has 0 saturated heterocycles. The third-order valence-corrected chi connectivity index (χ3v) is 5.43. The number of hydrogen-bond acceptors (Lipinski definition) is 5. The van der Waals surface area contributed by atoms with Gasteiger partial charge in [0.2, 0.25) is 5.04 Å². The first kappa shape index (κ1) is 21.3. The van der Waals surface area contributed by atoms with Crippen molar-refractivity contribution < 1.29 is 26.8 Å². The Morgan fingerprint density at radius 2 is 1.85 bits per heavy atom. The third-order valence-electron chi connectivity index (χ3n) is 4.45. The molecule has 2 rings (SSSR count). The largest absolute Gasteiger partial charge is 0.433 e. The first-order valence-electron chi connectivity index (χ1n) is 8.59. The van der Waals surface area contributed by atoms with Crippen molar-refractivity contribution in [2.45, 2.75) is 46.1 Å². The highest BCUT2D eigenvalue weighted by atomic mass is 32.2. The Kier molecular flexibility index (Phi) is 6.24. The lowest BCUT2D eigenvalue weighted by atomic mass is 9.71. The summed E-state index contributed by atoms with van der Waals surface area (Å²) in [5, 5.41) is 4.91. The van der Waals surface area contributed by atoms with Gasteiger partial charge < -0.3 is 5.32 Å². The smallest absolute Gasteiger partial charge is 0.317 e. The van der Waals surface area contributed by atoms with Gasteiger partial charge in [0, 0.05) is 12.3 Å². The van der Waals surface area contributed by atoms with E-state index in [1.165, 1.54) is 0 Å². The number of nitrogens with one attached hydrogen (secondary N) is 1. The number of carbonyl (C=O) groups excluding carboxylic acids is 1. The lowest BCUT2D eigenvalue weighted by Crippen LogP contribution is -2.42. The van der Waals surface area contributed by atoms with Crippen LogP contribution in [0.4, 0.5) is 13.6 Å². The van der Waals surface area contributed by atoms with Gasteiger partial charge in [0.15, 0.2) is 9.84 Å². The zero-order chi connectivity index (χ0) is 20.4. The minimum absolute atomic E-state index is 0.0487. The summed E-state index contributed by atoms with van der Waals surface area (Å²) in [6.07, 6.45) is 2.27. The van der Waals surface area contributed by atoms with Crippen molar-refractivity contribution in [3.63, 3.8) is 0 Å². The summed E-state index contributed by atoms with van der Waals surface area (Å²) in [4.78, 5) is 16.7. The number of oxime groups is 1. The maximum Gasteiger partial charge on any atom is 0.433 e. The molecule has 0 aliphatic heterocycles. The number of benzene rings is 1. The molecule has 1 N–H and O–H groups in total. The number of nitrogens with zero attached hydrogens (tertiary/aromatic N) is 1. The highest BCUT2D eigenvalue weighted by Crippen LogP contribution is 2.38. The van der Waals surface area contributed by atoms with Gasteiger partial charge in [0.25, 0.3) is 0 Å². The molecule has 1 aromatic carbocycles. The summed E-state index contributed by atoms with van der Waals surface area (Å²) in [5.74, 6) is -1.83. The van der Waals surface area contributed by atoms with Crippen LogP contribution >= 0.6 is 0 Å². The van der Waals surface area contributed by atoms with Crippen molar-refractivity contribution in [2.24, 2.45) is 16.5 Å². The summed E-state index contributed by atoms with van der Waals surface area (Å²) < 4.78 is 51.6. The molecule has 1 aliphatic rings. The van der Waals surface area contributed by atoms with Crippen molar-refractivity contribution in [1.29, 1.82) is 0 Å². The molecule has 0 radical (unpaired) electrons. The van der Waals surface area contributed by atoms with E-state index < -0.39 is 38.2 Å². The molecule has 150 valence electrons. The molecular weight excluding hydrogens is 378 g/mol. The van der Waals surface area contributed by atoms with E-state index >= 15 is 0 Å². The maximum absolute atomic E-state index is 13.9. The molecule has 1 aliphatic carbocycles. The Morgan fingerprint density at radius 3 is 2.37 bits per heavy atom. The topological polar surface area (TPSA) is 84.8 Å². The molecular formula is C18H24F2N2O4S. The summed E-state index contributed by atoms with van der Waals surface area (Å²) in [5.41, 5.74) is -0.812. The molecule has 6 nitrogen and oxygen atoms in total. The van der Waals surface area contributed by atoms with E-state index in [1.54, 1.807) is 0 Å². The Labute approximate surface area is 157 Å². The molecule has 0 bridgehead atoms. The fraction of sp³-hybridized carbons (Fsp3) is 0.556. The van der Waals surface area contributed by atoms with Crippen molar-refractivity contribution in [2.75, 3.05) is 6.26 Å². The molecule has 1 aromatic rings. The van der Waals surface area contributed by atoms with Gasteiger partial charge in [-0.3, -0.25) is 4.84 Å². The van der Waals surface area contributed by atoms with Gasteiger partial charge in [0.1, 0.15) is 11.6 Å². The van der Waals surface area contributed by atoms with E-state index in [2.05, 4.69) is 36.1 Å². The first-order valence-corrected chi connectivity index (χ1v) is 10.5. The Bertz CT molecular complexity index is 833. The van der Waals surface area contributed by atoms with Gasteiger partial charge >= 0.3 is 6.09 Å². The van der Waals surface area contributed by atoms with Gasteiger partial charge in [0.05, 0.1) is 5.56 Å². The number of hydrogen-bond donors (Lipinski definition) is 1. The predicted octanol–water partition coefficient (Wildman–Crippen LogP) is 3.61. The van der Waals surface area contributed by atoms with E-state index in [0.29, 0.717) is 5.92 Å².